The van der Waals surface area contributed by atoms with Gasteiger partial charge in [-0.2, -0.15) is 0 Å². The first kappa shape index (κ1) is 16.6. The highest BCUT2D eigenvalue weighted by Gasteiger charge is 2.25. The summed E-state index contributed by atoms with van der Waals surface area (Å²) in [6, 6.07) is 7.13. The van der Waals surface area contributed by atoms with E-state index in [-0.39, 0.29) is 24.4 Å². The highest BCUT2D eigenvalue weighted by molar-refractivity contribution is 5.91. The zero-order valence-electron chi connectivity index (χ0n) is 12.1. The van der Waals surface area contributed by atoms with Crippen molar-refractivity contribution >= 4 is 18.3 Å². The number of hydrogen-bond acceptors (Lipinski definition) is 5. The van der Waals surface area contributed by atoms with Crippen molar-refractivity contribution in [1.29, 1.82) is 0 Å². The smallest absolute Gasteiger partial charge is 0.287 e. The summed E-state index contributed by atoms with van der Waals surface area (Å²) in [7, 11) is 0. The highest BCUT2D eigenvalue weighted by Crippen LogP contribution is 2.21. The van der Waals surface area contributed by atoms with Crippen molar-refractivity contribution in [1.82, 2.24) is 10.2 Å². The summed E-state index contributed by atoms with van der Waals surface area (Å²) < 4.78 is 16.0. The lowest BCUT2D eigenvalue weighted by atomic mass is 10.1. The Labute approximate surface area is 134 Å². The SMILES string of the molecule is Cl.O=C(NCC(c1ccco1)N1CCOCC1)c1ccco1. The lowest BCUT2D eigenvalue weighted by molar-refractivity contribution is 0.0117. The fourth-order valence-corrected chi connectivity index (χ4v) is 2.46. The molecular formula is C15H19ClN2O4. The maximum atomic E-state index is 12.0. The predicted octanol–water partition coefficient (Wildman–Crippen LogP) is 2.10. The summed E-state index contributed by atoms with van der Waals surface area (Å²) in [4.78, 5) is 14.2. The van der Waals surface area contributed by atoms with E-state index in [9.17, 15) is 4.79 Å². The van der Waals surface area contributed by atoms with Gasteiger partial charge in [0.1, 0.15) is 5.76 Å². The Morgan fingerprint density at radius 1 is 1.18 bits per heavy atom. The Morgan fingerprint density at radius 2 is 1.91 bits per heavy atom. The molecule has 120 valence electrons. The van der Waals surface area contributed by atoms with Crippen molar-refractivity contribution in [2.75, 3.05) is 32.8 Å². The maximum absolute atomic E-state index is 12.0. The van der Waals surface area contributed by atoms with Crippen LogP contribution in [0, 0.1) is 0 Å². The van der Waals surface area contributed by atoms with Crippen LogP contribution in [0.5, 0.6) is 0 Å². The fraction of sp³-hybridized carbons (Fsp3) is 0.400. The molecule has 1 saturated heterocycles. The average Bonchev–Trinajstić information content (AvgIpc) is 3.22. The first-order valence-electron chi connectivity index (χ1n) is 7.01. The van der Waals surface area contributed by atoms with Gasteiger partial charge in [-0.25, -0.2) is 0 Å². The van der Waals surface area contributed by atoms with E-state index in [0.717, 1.165) is 18.8 Å². The molecular weight excluding hydrogens is 308 g/mol. The number of carbonyl (C=O) groups excluding carboxylic acids is 1. The summed E-state index contributed by atoms with van der Waals surface area (Å²) in [6.45, 7) is 3.50. The average molecular weight is 327 g/mol. The second-order valence-corrected chi connectivity index (χ2v) is 4.87. The molecule has 0 radical (unpaired) electrons. The third kappa shape index (κ3) is 3.91. The molecule has 3 heterocycles. The van der Waals surface area contributed by atoms with Gasteiger partial charge >= 0.3 is 0 Å². The van der Waals surface area contributed by atoms with Crippen LogP contribution >= 0.6 is 12.4 Å². The van der Waals surface area contributed by atoms with Crippen molar-refractivity contribution in [3.8, 4) is 0 Å². The minimum absolute atomic E-state index is 0. The van der Waals surface area contributed by atoms with Crippen LogP contribution in [-0.4, -0.2) is 43.7 Å². The Morgan fingerprint density at radius 3 is 2.55 bits per heavy atom. The molecule has 1 aliphatic heterocycles. The minimum Gasteiger partial charge on any atom is -0.468 e. The van der Waals surface area contributed by atoms with Gasteiger partial charge < -0.3 is 18.9 Å². The van der Waals surface area contributed by atoms with Crippen molar-refractivity contribution in [3.05, 3.63) is 48.3 Å². The Bertz CT molecular complexity index is 550. The molecule has 1 aliphatic rings. The van der Waals surface area contributed by atoms with E-state index >= 15 is 0 Å². The molecule has 2 aromatic rings. The summed E-state index contributed by atoms with van der Waals surface area (Å²) in [5, 5.41) is 2.90. The summed E-state index contributed by atoms with van der Waals surface area (Å²) in [6.07, 6.45) is 3.14. The minimum atomic E-state index is -0.218. The third-order valence-electron chi connectivity index (χ3n) is 3.56. The molecule has 0 saturated carbocycles. The first-order valence-corrected chi connectivity index (χ1v) is 7.01. The normalized spacial score (nSPS) is 16.7. The Hall–Kier alpha value is -1.76. The molecule has 0 spiro atoms. The van der Waals surface area contributed by atoms with E-state index in [1.807, 2.05) is 12.1 Å². The van der Waals surface area contributed by atoms with Gasteiger partial charge in [0.25, 0.3) is 5.91 Å². The van der Waals surface area contributed by atoms with Crippen LogP contribution in [0.4, 0.5) is 0 Å². The molecule has 0 bridgehead atoms. The predicted molar refractivity (Wildman–Crippen MR) is 82.1 cm³/mol. The molecule has 1 fully saturated rings. The molecule has 0 aromatic carbocycles. The van der Waals surface area contributed by atoms with Crippen LogP contribution in [0.2, 0.25) is 0 Å². The number of furan rings is 2. The number of ether oxygens (including phenoxy) is 1. The molecule has 22 heavy (non-hydrogen) atoms. The molecule has 3 rings (SSSR count). The Balaban J connectivity index is 0.00000176. The van der Waals surface area contributed by atoms with Crippen LogP contribution in [0.15, 0.2) is 45.6 Å². The van der Waals surface area contributed by atoms with Gasteiger partial charge in [0.15, 0.2) is 5.76 Å². The van der Waals surface area contributed by atoms with Crippen LogP contribution in [-0.2, 0) is 4.74 Å². The van der Waals surface area contributed by atoms with E-state index in [1.54, 1.807) is 18.4 Å². The van der Waals surface area contributed by atoms with Crippen molar-refractivity contribution < 1.29 is 18.4 Å². The number of hydrogen-bond donors (Lipinski definition) is 1. The van der Waals surface area contributed by atoms with E-state index in [2.05, 4.69) is 10.2 Å². The molecule has 2 aromatic heterocycles. The van der Waals surface area contributed by atoms with Gasteiger partial charge in [-0.1, -0.05) is 0 Å². The van der Waals surface area contributed by atoms with Crippen LogP contribution < -0.4 is 5.32 Å². The standard InChI is InChI=1S/C15H18N2O4.ClH/c18-15(14-4-2-8-21-14)16-11-12(13-3-1-7-20-13)17-5-9-19-10-6-17;/h1-4,7-8,12H,5-6,9-11H2,(H,16,18);1H. The van der Waals surface area contributed by atoms with E-state index in [4.69, 9.17) is 13.6 Å². The highest BCUT2D eigenvalue weighted by atomic mass is 35.5. The molecule has 6 nitrogen and oxygen atoms in total. The molecule has 1 atom stereocenters. The van der Waals surface area contributed by atoms with E-state index in [1.165, 1.54) is 6.26 Å². The van der Waals surface area contributed by atoms with Gasteiger partial charge in [-0.15, -0.1) is 12.4 Å². The zero-order chi connectivity index (χ0) is 14.5. The molecule has 1 N–H and O–H groups in total. The second-order valence-electron chi connectivity index (χ2n) is 4.87. The molecule has 1 unspecified atom stereocenters. The van der Waals surface area contributed by atoms with Crippen molar-refractivity contribution in [2.24, 2.45) is 0 Å². The summed E-state index contributed by atoms with van der Waals surface area (Å²) >= 11 is 0. The van der Waals surface area contributed by atoms with Crippen molar-refractivity contribution in [2.45, 2.75) is 6.04 Å². The van der Waals surface area contributed by atoms with Gasteiger partial charge in [-0.3, -0.25) is 9.69 Å². The summed E-state index contributed by atoms with van der Waals surface area (Å²) in [5.41, 5.74) is 0. The topological polar surface area (TPSA) is 67.9 Å². The lowest BCUT2D eigenvalue weighted by Gasteiger charge is -2.33. The monoisotopic (exact) mass is 326 g/mol. The number of halogens is 1. The zero-order valence-corrected chi connectivity index (χ0v) is 12.9. The fourth-order valence-electron chi connectivity index (χ4n) is 2.46. The number of morpholine rings is 1. The first-order chi connectivity index (χ1) is 10.3. The van der Waals surface area contributed by atoms with Crippen molar-refractivity contribution in [3.63, 3.8) is 0 Å². The van der Waals surface area contributed by atoms with Gasteiger partial charge in [0.05, 0.1) is 31.8 Å². The lowest BCUT2D eigenvalue weighted by Crippen LogP contribution is -2.43. The molecule has 0 aliphatic carbocycles. The largest absolute Gasteiger partial charge is 0.468 e. The Kier molecular flexibility index (Phi) is 6.06. The molecule has 7 heteroatoms. The molecule has 1 amide bonds. The van der Waals surface area contributed by atoms with Gasteiger partial charge in [-0.05, 0) is 24.3 Å². The third-order valence-corrected chi connectivity index (χ3v) is 3.56. The van der Waals surface area contributed by atoms with Gasteiger partial charge in [0, 0.05) is 19.6 Å². The quantitative estimate of drug-likeness (QED) is 0.911. The van der Waals surface area contributed by atoms with Gasteiger partial charge in [0.2, 0.25) is 0 Å². The summed E-state index contributed by atoms with van der Waals surface area (Å²) in [5.74, 6) is 0.941. The van der Waals surface area contributed by atoms with Crippen LogP contribution in [0.1, 0.15) is 22.4 Å². The van der Waals surface area contributed by atoms with E-state index in [0.29, 0.717) is 25.5 Å². The number of rotatable bonds is 5. The number of nitrogens with one attached hydrogen (secondary N) is 1. The number of carbonyl (C=O) groups is 1. The van der Waals surface area contributed by atoms with Crippen LogP contribution in [0.25, 0.3) is 0 Å². The number of amides is 1. The second kappa shape index (κ2) is 8.03. The number of nitrogens with zero attached hydrogens (tertiary/aromatic N) is 1. The van der Waals surface area contributed by atoms with Crippen LogP contribution in [0.3, 0.4) is 0 Å². The van der Waals surface area contributed by atoms with E-state index < -0.39 is 0 Å². The maximum Gasteiger partial charge on any atom is 0.287 e.